The van der Waals surface area contributed by atoms with E-state index in [-0.39, 0.29) is 15.0 Å². The first kappa shape index (κ1) is 15.1. The van der Waals surface area contributed by atoms with Crippen molar-refractivity contribution in [3.05, 3.63) is 11.8 Å². The number of nitrogens with one attached hydrogen (secondary N) is 4. The Morgan fingerprint density at radius 2 is 2.00 bits per heavy atom. The van der Waals surface area contributed by atoms with Crippen LogP contribution in [0.25, 0.3) is 0 Å². The van der Waals surface area contributed by atoms with Gasteiger partial charge in [0, 0.05) is 18.0 Å². The molecule has 0 aromatic carbocycles. The molecule has 0 fully saturated rings. The molecular weight excluding hydrogens is 333 g/mol. The summed E-state index contributed by atoms with van der Waals surface area (Å²) in [6.07, 6.45) is -2.20. The van der Waals surface area contributed by atoms with Crippen molar-refractivity contribution in [2.24, 2.45) is 0 Å². The van der Waals surface area contributed by atoms with Crippen LogP contribution in [0.1, 0.15) is 0 Å². The summed E-state index contributed by atoms with van der Waals surface area (Å²) in [7, 11) is 0. The minimum atomic E-state index is -2.54. The molecule has 0 aromatic rings. The van der Waals surface area contributed by atoms with E-state index in [1.165, 1.54) is 22.6 Å². The Morgan fingerprint density at radius 1 is 1.44 bits per heavy atom. The maximum atomic E-state index is 11.8. The summed E-state index contributed by atoms with van der Waals surface area (Å²) in [5.41, 5.74) is -0.429. The number of hydrogen-bond acceptors (Lipinski definition) is 5. The predicted octanol–water partition coefficient (Wildman–Crippen LogP) is 1.17. The van der Waals surface area contributed by atoms with Gasteiger partial charge < -0.3 is 15.8 Å². The summed E-state index contributed by atoms with van der Waals surface area (Å²) in [4.78, 5) is 0. The molecule has 0 saturated heterocycles. The number of aliphatic hydroxyl groups is 1. The summed E-state index contributed by atoms with van der Waals surface area (Å²) < 4.78 is 23.4. The van der Waals surface area contributed by atoms with Crippen molar-refractivity contribution >= 4 is 38.2 Å². The van der Waals surface area contributed by atoms with Gasteiger partial charge in [0.25, 0.3) is 6.43 Å². The van der Waals surface area contributed by atoms with Crippen molar-refractivity contribution in [1.82, 2.24) is 5.32 Å². The monoisotopic (exact) mass is 344 g/mol. The molecular formula is C8H11F2IN4O. The van der Waals surface area contributed by atoms with Crippen LogP contribution in [0.4, 0.5) is 8.78 Å². The molecule has 0 amide bonds. The SMILES string of the molecule is N=C/C(=C\NCC(F)F)C(O)C(=N)C(=N)I. The molecule has 0 aliphatic carbocycles. The molecule has 16 heavy (non-hydrogen) atoms. The van der Waals surface area contributed by atoms with Crippen LogP contribution in [0.3, 0.4) is 0 Å². The van der Waals surface area contributed by atoms with E-state index in [9.17, 15) is 13.9 Å². The molecule has 0 aliphatic heterocycles. The van der Waals surface area contributed by atoms with Crippen LogP contribution < -0.4 is 5.32 Å². The van der Waals surface area contributed by atoms with E-state index in [1.54, 1.807) is 0 Å². The van der Waals surface area contributed by atoms with Crippen LogP contribution in [0.5, 0.6) is 0 Å². The van der Waals surface area contributed by atoms with Gasteiger partial charge in [-0.1, -0.05) is 0 Å². The van der Waals surface area contributed by atoms with Gasteiger partial charge in [0.2, 0.25) is 0 Å². The third kappa shape index (κ3) is 5.26. The summed E-state index contributed by atoms with van der Waals surface area (Å²) in [5.74, 6) is 0. The lowest BCUT2D eigenvalue weighted by Crippen LogP contribution is -2.28. The Bertz CT molecular complexity index is 319. The van der Waals surface area contributed by atoms with Crippen LogP contribution in [-0.2, 0) is 0 Å². The average molecular weight is 344 g/mol. The number of hydrogen-bond donors (Lipinski definition) is 5. The second-order valence-corrected chi connectivity index (χ2v) is 3.80. The Labute approximate surface area is 105 Å². The molecule has 0 spiro atoms. The van der Waals surface area contributed by atoms with Gasteiger partial charge in [0.1, 0.15) is 9.82 Å². The van der Waals surface area contributed by atoms with Gasteiger partial charge in [-0.3, -0.25) is 10.8 Å². The van der Waals surface area contributed by atoms with Crippen LogP contribution in [-0.4, -0.2) is 39.8 Å². The largest absolute Gasteiger partial charge is 0.385 e. The van der Waals surface area contributed by atoms with Crippen molar-refractivity contribution in [3.63, 3.8) is 0 Å². The van der Waals surface area contributed by atoms with Crippen LogP contribution >= 0.6 is 22.6 Å². The van der Waals surface area contributed by atoms with Gasteiger partial charge in [0.15, 0.2) is 0 Å². The van der Waals surface area contributed by atoms with Gasteiger partial charge in [-0.2, -0.15) is 0 Å². The standard InChI is InChI=1S/C8H11F2IN4O/c9-5(10)3-15-2-4(1-12)7(16)6(13)8(11)14/h1-2,5,7,12-16H,3H2/b4-2+,12-1?,13-6?,14-8?. The normalized spacial score (nSPS) is 13.4. The number of rotatable bonds is 7. The highest BCUT2D eigenvalue weighted by Crippen LogP contribution is 2.04. The van der Waals surface area contributed by atoms with Crippen LogP contribution in [0, 0.1) is 16.2 Å². The summed E-state index contributed by atoms with van der Waals surface area (Å²) >= 11 is 1.54. The topological polar surface area (TPSA) is 104 Å². The fourth-order valence-electron chi connectivity index (χ4n) is 0.752. The van der Waals surface area contributed by atoms with E-state index in [0.29, 0.717) is 0 Å². The first-order valence-electron chi connectivity index (χ1n) is 4.13. The van der Waals surface area contributed by atoms with Crippen molar-refractivity contribution in [2.45, 2.75) is 12.5 Å². The summed E-state index contributed by atoms with van der Waals surface area (Å²) in [5, 5.41) is 33.1. The lowest BCUT2D eigenvalue weighted by molar-refractivity contribution is 0.150. The molecule has 0 aromatic heterocycles. The first-order chi connectivity index (χ1) is 7.40. The van der Waals surface area contributed by atoms with Gasteiger partial charge in [0.05, 0.1) is 12.3 Å². The van der Waals surface area contributed by atoms with E-state index in [0.717, 1.165) is 12.4 Å². The third-order valence-electron chi connectivity index (χ3n) is 1.53. The van der Waals surface area contributed by atoms with Crippen molar-refractivity contribution in [2.75, 3.05) is 6.54 Å². The molecule has 0 radical (unpaired) electrons. The fourth-order valence-corrected chi connectivity index (χ4v) is 1.05. The molecule has 0 aliphatic rings. The Kier molecular flexibility index (Phi) is 6.97. The number of halogens is 3. The van der Waals surface area contributed by atoms with E-state index in [2.05, 4.69) is 5.32 Å². The highest BCUT2D eigenvalue weighted by atomic mass is 127. The maximum absolute atomic E-state index is 11.8. The van der Waals surface area contributed by atoms with E-state index in [4.69, 9.17) is 16.2 Å². The zero-order chi connectivity index (χ0) is 12.7. The molecule has 0 heterocycles. The van der Waals surface area contributed by atoms with Gasteiger partial charge >= 0.3 is 0 Å². The Hall–Kier alpha value is -0.900. The minimum Gasteiger partial charge on any atom is -0.385 e. The molecule has 1 unspecified atom stereocenters. The van der Waals surface area contributed by atoms with Crippen LogP contribution in [0.2, 0.25) is 0 Å². The van der Waals surface area contributed by atoms with Gasteiger partial charge in [-0.15, -0.1) is 0 Å². The molecule has 5 N–H and O–H groups in total. The summed E-state index contributed by atoms with van der Waals surface area (Å²) in [6, 6.07) is 0. The Balaban J connectivity index is 4.54. The first-order valence-corrected chi connectivity index (χ1v) is 5.21. The van der Waals surface area contributed by atoms with Gasteiger partial charge in [-0.25, -0.2) is 8.78 Å². The zero-order valence-electron chi connectivity index (χ0n) is 8.10. The highest BCUT2D eigenvalue weighted by Gasteiger charge is 2.17. The maximum Gasteiger partial charge on any atom is 0.255 e. The summed E-state index contributed by atoms with van der Waals surface area (Å²) in [6.45, 7) is -0.598. The third-order valence-corrected chi connectivity index (χ3v) is 2.11. The molecule has 0 rings (SSSR count). The fraction of sp³-hybridized carbons (Fsp3) is 0.375. The molecule has 5 nitrogen and oxygen atoms in total. The zero-order valence-corrected chi connectivity index (χ0v) is 10.3. The van der Waals surface area contributed by atoms with Crippen LogP contribution in [0.15, 0.2) is 11.8 Å². The highest BCUT2D eigenvalue weighted by molar-refractivity contribution is 14.1. The lowest BCUT2D eigenvalue weighted by Gasteiger charge is -2.11. The minimum absolute atomic E-state index is 0.0490. The quantitative estimate of drug-likeness (QED) is 0.353. The molecule has 0 bridgehead atoms. The average Bonchev–Trinajstić information content (AvgIpc) is 2.21. The Morgan fingerprint density at radius 3 is 2.38 bits per heavy atom. The number of alkyl halides is 2. The number of aliphatic hydroxyl groups excluding tert-OH is 1. The smallest absolute Gasteiger partial charge is 0.255 e. The predicted molar refractivity (Wildman–Crippen MR) is 66.4 cm³/mol. The second kappa shape index (κ2) is 7.39. The molecule has 90 valence electrons. The van der Waals surface area contributed by atoms with E-state index >= 15 is 0 Å². The molecule has 8 heteroatoms. The van der Waals surface area contributed by atoms with E-state index in [1.807, 2.05) is 0 Å². The molecule has 1 atom stereocenters. The molecule has 0 saturated carbocycles. The lowest BCUT2D eigenvalue weighted by atomic mass is 10.1. The van der Waals surface area contributed by atoms with Gasteiger partial charge in [-0.05, 0) is 22.6 Å². The van der Waals surface area contributed by atoms with Crippen molar-refractivity contribution in [3.8, 4) is 0 Å². The second-order valence-electron chi connectivity index (χ2n) is 2.72. The van der Waals surface area contributed by atoms with Crippen molar-refractivity contribution in [1.29, 1.82) is 16.2 Å². The van der Waals surface area contributed by atoms with E-state index < -0.39 is 19.1 Å². The van der Waals surface area contributed by atoms with Crippen molar-refractivity contribution < 1.29 is 13.9 Å².